The van der Waals surface area contributed by atoms with E-state index in [0.29, 0.717) is 18.6 Å². The van der Waals surface area contributed by atoms with E-state index in [4.69, 9.17) is 4.74 Å². The van der Waals surface area contributed by atoms with Crippen molar-refractivity contribution in [2.75, 3.05) is 20.1 Å². The molecule has 35 heavy (non-hydrogen) atoms. The van der Waals surface area contributed by atoms with Crippen LogP contribution in [0.4, 0.5) is 0 Å². The lowest BCUT2D eigenvalue weighted by atomic mass is 9.48. The Morgan fingerprint density at radius 2 is 2.14 bits per heavy atom. The molecule has 1 amide bonds. The van der Waals surface area contributed by atoms with Crippen molar-refractivity contribution >= 4 is 23.3 Å². The lowest BCUT2D eigenvalue weighted by Crippen LogP contribution is -2.78. The number of aromatic hydroxyl groups is 1. The number of rotatable bonds is 5. The summed E-state index contributed by atoms with van der Waals surface area (Å²) in [6.07, 6.45) is 8.58. The number of hydrogen-bond acceptors (Lipinski definition) is 6. The summed E-state index contributed by atoms with van der Waals surface area (Å²) in [6.45, 7) is 1.98. The van der Waals surface area contributed by atoms with E-state index in [1.807, 2.05) is 36.7 Å². The molecule has 1 saturated heterocycles. The third-order valence-corrected chi connectivity index (χ3v) is 10.3. The van der Waals surface area contributed by atoms with Gasteiger partial charge in [0.2, 0.25) is 5.91 Å². The fraction of sp³-hybridized carbons (Fsp3) is 0.536. The molecular weight excluding hydrogens is 460 g/mol. The predicted octanol–water partition coefficient (Wildman–Crippen LogP) is 3.56. The molecule has 184 valence electrons. The van der Waals surface area contributed by atoms with Crippen LogP contribution in [0, 0.1) is 5.92 Å². The van der Waals surface area contributed by atoms with E-state index in [0.717, 1.165) is 42.3 Å². The first-order valence-corrected chi connectivity index (χ1v) is 13.8. The second-order valence-electron chi connectivity index (χ2n) is 11.2. The van der Waals surface area contributed by atoms with E-state index in [1.54, 1.807) is 28.4 Å². The summed E-state index contributed by atoms with van der Waals surface area (Å²) < 4.78 is 6.59. The second-order valence-corrected chi connectivity index (χ2v) is 12.2. The summed E-state index contributed by atoms with van der Waals surface area (Å²) >= 11 is 1.60. The van der Waals surface area contributed by atoms with Crippen LogP contribution >= 0.6 is 11.3 Å². The Kier molecular flexibility index (Phi) is 4.74. The van der Waals surface area contributed by atoms with Crippen molar-refractivity contribution in [1.29, 1.82) is 0 Å². The van der Waals surface area contributed by atoms with Crippen LogP contribution in [0.2, 0.25) is 0 Å². The number of carbonyl (C=O) groups is 1. The number of piperidine rings is 1. The minimum atomic E-state index is -0.927. The quantitative estimate of drug-likeness (QED) is 0.625. The van der Waals surface area contributed by atoms with E-state index in [-0.39, 0.29) is 29.8 Å². The highest BCUT2D eigenvalue weighted by atomic mass is 32.1. The van der Waals surface area contributed by atoms with Gasteiger partial charge in [-0.25, -0.2) is 0 Å². The van der Waals surface area contributed by atoms with Crippen molar-refractivity contribution in [1.82, 2.24) is 9.80 Å². The lowest BCUT2D eigenvalue weighted by molar-refractivity contribution is -0.200. The maximum Gasteiger partial charge on any atom is 0.246 e. The SMILES string of the molecule is CN(C(=O)/C=C/c1cccs1)[C@H]1CC[C@@]2(O)[C@H]3Cc4ccc(O)c5c4[C@@]2(CCN3CC2CC2)[C@H]1O5. The number of thiophene rings is 1. The van der Waals surface area contributed by atoms with Gasteiger partial charge in [0, 0.05) is 36.2 Å². The van der Waals surface area contributed by atoms with Gasteiger partial charge in [-0.05, 0) is 80.1 Å². The molecule has 7 rings (SSSR count). The summed E-state index contributed by atoms with van der Waals surface area (Å²) in [5.74, 6) is 1.36. The monoisotopic (exact) mass is 492 g/mol. The van der Waals surface area contributed by atoms with E-state index < -0.39 is 11.0 Å². The zero-order valence-corrected chi connectivity index (χ0v) is 20.8. The molecule has 0 radical (unpaired) electrons. The summed E-state index contributed by atoms with van der Waals surface area (Å²) in [7, 11) is 1.85. The van der Waals surface area contributed by atoms with Crippen molar-refractivity contribution in [3.8, 4) is 11.5 Å². The molecular formula is C28H32N2O4S. The predicted molar refractivity (Wildman–Crippen MR) is 135 cm³/mol. The summed E-state index contributed by atoms with van der Waals surface area (Å²) in [6, 6.07) is 7.60. The van der Waals surface area contributed by atoms with Gasteiger partial charge in [0.05, 0.1) is 17.1 Å². The molecule has 7 heteroatoms. The van der Waals surface area contributed by atoms with Crippen LogP contribution in [0.1, 0.15) is 48.1 Å². The van der Waals surface area contributed by atoms with Crippen LogP contribution in [-0.4, -0.2) is 69.8 Å². The number of amides is 1. The second kappa shape index (κ2) is 7.58. The Hall–Kier alpha value is -2.35. The van der Waals surface area contributed by atoms with Gasteiger partial charge in [0.15, 0.2) is 11.5 Å². The van der Waals surface area contributed by atoms with Crippen LogP contribution < -0.4 is 4.74 Å². The minimum Gasteiger partial charge on any atom is -0.504 e. The van der Waals surface area contributed by atoms with Crippen LogP contribution in [0.3, 0.4) is 0 Å². The highest BCUT2D eigenvalue weighted by Crippen LogP contribution is 2.66. The Morgan fingerprint density at radius 1 is 1.29 bits per heavy atom. The smallest absolute Gasteiger partial charge is 0.246 e. The number of benzene rings is 1. The van der Waals surface area contributed by atoms with Crippen LogP contribution in [-0.2, 0) is 16.6 Å². The average molecular weight is 493 g/mol. The van der Waals surface area contributed by atoms with Crippen molar-refractivity contribution in [2.45, 2.75) is 67.7 Å². The zero-order chi connectivity index (χ0) is 23.9. The summed E-state index contributed by atoms with van der Waals surface area (Å²) in [4.78, 5) is 18.6. The number of ether oxygens (including phenoxy) is 1. The minimum absolute atomic E-state index is 0.0478. The Labute approximate surface area is 209 Å². The molecule has 2 aliphatic heterocycles. The first-order chi connectivity index (χ1) is 16.9. The number of phenols is 1. The molecule has 5 atom stereocenters. The molecule has 2 N–H and O–H groups in total. The Bertz CT molecular complexity index is 1210. The molecule has 1 aromatic carbocycles. The maximum atomic E-state index is 13.2. The fourth-order valence-corrected chi connectivity index (χ4v) is 8.29. The summed E-state index contributed by atoms with van der Waals surface area (Å²) in [5.41, 5.74) is 0.660. The van der Waals surface area contributed by atoms with Crippen molar-refractivity contribution in [3.05, 3.63) is 51.7 Å². The van der Waals surface area contributed by atoms with E-state index in [1.165, 1.54) is 18.4 Å². The number of nitrogens with zero attached hydrogens (tertiary/aromatic N) is 2. The molecule has 2 saturated carbocycles. The van der Waals surface area contributed by atoms with Gasteiger partial charge in [-0.1, -0.05) is 12.1 Å². The lowest BCUT2D eigenvalue weighted by Gasteiger charge is -2.64. The van der Waals surface area contributed by atoms with E-state index in [9.17, 15) is 15.0 Å². The van der Waals surface area contributed by atoms with E-state index in [2.05, 4.69) is 4.90 Å². The Morgan fingerprint density at radius 3 is 2.91 bits per heavy atom. The standard InChI is InChI=1S/C28H32N2O4S/c1-29(23(32)9-7-19-3-2-14-35-19)20-10-11-28(33)22-15-18-6-8-21(31)25-24(18)27(28,26(20)34-25)12-13-30(22)16-17-4-5-17/h2-3,6-9,14,17,20,22,26,31,33H,4-5,10-13,15-16H2,1H3/b9-7+/t20-,22+,26-,27-,28+/m0/s1. The maximum absolute atomic E-state index is 13.2. The number of carbonyl (C=O) groups excluding carboxylic acids is 1. The van der Waals surface area contributed by atoms with Gasteiger partial charge < -0.3 is 19.8 Å². The molecule has 1 spiro atoms. The molecule has 1 aromatic heterocycles. The molecule has 2 aromatic rings. The van der Waals surface area contributed by atoms with Gasteiger partial charge in [0.25, 0.3) is 0 Å². The van der Waals surface area contributed by atoms with Gasteiger partial charge in [-0.3, -0.25) is 9.69 Å². The molecule has 3 fully saturated rings. The molecule has 3 aliphatic carbocycles. The van der Waals surface area contributed by atoms with Gasteiger partial charge in [-0.15, -0.1) is 11.3 Å². The van der Waals surface area contributed by atoms with Crippen molar-refractivity contribution in [3.63, 3.8) is 0 Å². The average Bonchev–Trinajstić information content (AvgIpc) is 3.36. The van der Waals surface area contributed by atoms with Crippen molar-refractivity contribution in [2.24, 2.45) is 5.92 Å². The van der Waals surface area contributed by atoms with Crippen LogP contribution in [0.5, 0.6) is 11.5 Å². The van der Waals surface area contributed by atoms with E-state index >= 15 is 0 Å². The number of aliphatic hydroxyl groups is 1. The first kappa shape index (κ1) is 21.9. The van der Waals surface area contributed by atoms with Gasteiger partial charge in [0.1, 0.15) is 6.10 Å². The first-order valence-electron chi connectivity index (χ1n) is 12.9. The normalized spacial score (nSPS) is 35.1. The molecule has 3 heterocycles. The fourth-order valence-electron chi connectivity index (χ4n) is 7.67. The highest BCUT2D eigenvalue weighted by Gasteiger charge is 2.73. The topological polar surface area (TPSA) is 73.2 Å². The number of hydrogen-bond donors (Lipinski definition) is 2. The molecule has 5 aliphatic rings. The van der Waals surface area contributed by atoms with Crippen LogP contribution in [0.15, 0.2) is 35.7 Å². The molecule has 0 unspecified atom stereocenters. The third kappa shape index (κ3) is 2.98. The molecule has 2 bridgehead atoms. The largest absolute Gasteiger partial charge is 0.504 e. The third-order valence-electron chi connectivity index (χ3n) is 9.51. The highest BCUT2D eigenvalue weighted by molar-refractivity contribution is 7.10. The number of phenolic OH excluding ortho intramolecular Hbond substituents is 1. The Balaban J connectivity index is 1.28. The van der Waals surface area contributed by atoms with Gasteiger partial charge >= 0.3 is 0 Å². The van der Waals surface area contributed by atoms with Crippen LogP contribution in [0.25, 0.3) is 6.08 Å². The van der Waals surface area contributed by atoms with Crippen molar-refractivity contribution < 1.29 is 19.7 Å². The number of likely N-dealkylation sites (N-methyl/N-ethyl adjacent to an activating group) is 1. The zero-order valence-electron chi connectivity index (χ0n) is 20.0. The summed E-state index contributed by atoms with van der Waals surface area (Å²) in [5, 5.41) is 25.3. The molecule has 6 nitrogen and oxygen atoms in total. The number of likely N-dealkylation sites (tertiary alicyclic amines) is 1. The van der Waals surface area contributed by atoms with Gasteiger partial charge in [-0.2, -0.15) is 0 Å².